The third kappa shape index (κ3) is 2.50. The Labute approximate surface area is 95.2 Å². The maximum absolute atomic E-state index is 5.93. The van der Waals surface area contributed by atoms with Crippen LogP contribution in [0.5, 0.6) is 0 Å². The quantitative estimate of drug-likeness (QED) is 0.569. The molecule has 1 aliphatic rings. The van der Waals surface area contributed by atoms with E-state index >= 15 is 0 Å². The molecule has 1 aliphatic heterocycles. The van der Waals surface area contributed by atoms with Crippen LogP contribution in [0.4, 0.5) is 0 Å². The molecule has 6 heteroatoms. The van der Waals surface area contributed by atoms with Crippen LogP contribution in [0, 0.1) is 0 Å². The maximum Gasteiger partial charge on any atom is 0.191 e. The van der Waals surface area contributed by atoms with Crippen LogP contribution in [-0.2, 0) is 13.6 Å². The minimum Gasteiger partial charge on any atom is -0.370 e. The van der Waals surface area contributed by atoms with E-state index in [2.05, 4.69) is 20.0 Å². The van der Waals surface area contributed by atoms with E-state index < -0.39 is 0 Å². The molecule has 1 fully saturated rings. The lowest BCUT2D eigenvalue weighted by Crippen LogP contribution is -2.40. The van der Waals surface area contributed by atoms with Crippen LogP contribution in [-0.4, -0.2) is 38.7 Å². The van der Waals surface area contributed by atoms with Crippen molar-refractivity contribution in [2.24, 2.45) is 17.8 Å². The molecule has 0 aliphatic carbocycles. The number of aryl methyl sites for hydroxylation is 1. The van der Waals surface area contributed by atoms with Crippen molar-refractivity contribution < 1.29 is 0 Å². The molecule has 0 aromatic carbocycles. The van der Waals surface area contributed by atoms with Gasteiger partial charge < -0.3 is 10.6 Å². The zero-order chi connectivity index (χ0) is 11.4. The molecule has 0 bridgehead atoms. The van der Waals surface area contributed by atoms with Gasteiger partial charge in [-0.15, -0.1) is 0 Å². The molecule has 2 rings (SSSR count). The normalized spacial score (nSPS) is 17.8. The van der Waals surface area contributed by atoms with Crippen molar-refractivity contribution in [2.75, 3.05) is 13.1 Å². The van der Waals surface area contributed by atoms with E-state index in [0.29, 0.717) is 12.5 Å². The highest BCUT2D eigenvalue weighted by Gasteiger charge is 2.11. The van der Waals surface area contributed by atoms with Gasteiger partial charge in [0.25, 0.3) is 0 Å². The van der Waals surface area contributed by atoms with Gasteiger partial charge in [0.05, 0.1) is 0 Å². The van der Waals surface area contributed by atoms with Crippen LogP contribution in [0.15, 0.2) is 11.3 Å². The zero-order valence-electron chi connectivity index (χ0n) is 9.63. The molecule has 0 atom stereocenters. The molecule has 0 saturated carbocycles. The summed E-state index contributed by atoms with van der Waals surface area (Å²) in [7, 11) is 1.86. The van der Waals surface area contributed by atoms with Crippen LogP contribution in [0.25, 0.3) is 0 Å². The Bertz CT molecular complexity index is 363. The standard InChI is InChI=1S/C10H18N6/c1-15-9(13-8-14-15)7-12-10(11)16-5-3-2-4-6-16/h8H,2-7H2,1H3,(H2,11,12). The second-order valence-electron chi connectivity index (χ2n) is 4.02. The maximum atomic E-state index is 5.93. The van der Waals surface area contributed by atoms with Gasteiger partial charge >= 0.3 is 0 Å². The first-order valence-corrected chi connectivity index (χ1v) is 5.65. The SMILES string of the molecule is Cn1ncnc1CN=C(N)N1CCCCC1. The molecule has 0 unspecified atom stereocenters. The van der Waals surface area contributed by atoms with E-state index in [0.717, 1.165) is 18.9 Å². The van der Waals surface area contributed by atoms with Crippen molar-refractivity contribution in [1.82, 2.24) is 19.7 Å². The number of hydrogen-bond donors (Lipinski definition) is 1. The van der Waals surface area contributed by atoms with Gasteiger partial charge in [0.1, 0.15) is 18.7 Å². The number of likely N-dealkylation sites (tertiary alicyclic amines) is 1. The van der Waals surface area contributed by atoms with Gasteiger partial charge in [-0.1, -0.05) is 0 Å². The number of guanidine groups is 1. The second kappa shape index (κ2) is 4.96. The monoisotopic (exact) mass is 222 g/mol. The topological polar surface area (TPSA) is 72.3 Å². The van der Waals surface area contributed by atoms with Crippen molar-refractivity contribution in [3.63, 3.8) is 0 Å². The van der Waals surface area contributed by atoms with E-state index in [1.165, 1.54) is 25.6 Å². The zero-order valence-corrected chi connectivity index (χ0v) is 9.63. The predicted octanol–water partition coefficient (Wildman–Crippen LogP) is 0.116. The summed E-state index contributed by atoms with van der Waals surface area (Å²) < 4.78 is 1.72. The summed E-state index contributed by atoms with van der Waals surface area (Å²) in [6, 6.07) is 0. The van der Waals surface area contributed by atoms with Gasteiger partial charge in [0, 0.05) is 20.1 Å². The molecule has 2 heterocycles. The van der Waals surface area contributed by atoms with E-state index in [4.69, 9.17) is 5.73 Å². The molecule has 2 N–H and O–H groups in total. The first kappa shape index (κ1) is 10.9. The lowest BCUT2D eigenvalue weighted by molar-refractivity contribution is 0.338. The van der Waals surface area contributed by atoms with Gasteiger partial charge in [0.15, 0.2) is 5.96 Å². The molecule has 0 radical (unpaired) electrons. The molecule has 6 nitrogen and oxygen atoms in total. The summed E-state index contributed by atoms with van der Waals surface area (Å²) in [4.78, 5) is 10.6. The minimum atomic E-state index is 0.499. The average molecular weight is 222 g/mol. The average Bonchev–Trinajstić information content (AvgIpc) is 2.73. The third-order valence-corrected chi connectivity index (χ3v) is 2.87. The summed E-state index contributed by atoms with van der Waals surface area (Å²) in [6.07, 6.45) is 5.25. The van der Waals surface area contributed by atoms with Crippen LogP contribution in [0.3, 0.4) is 0 Å². The Morgan fingerprint density at radius 1 is 1.44 bits per heavy atom. The number of rotatable bonds is 2. The number of nitrogens with zero attached hydrogens (tertiary/aromatic N) is 5. The molecule has 1 saturated heterocycles. The van der Waals surface area contributed by atoms with E-state index in [-0.39, 0.29) is 0 Å². The number of aliphatic imine (C=N–C) groups is 1. The first-order valence-electron chi connectivity index (χ1n) is 5.65. The first-order chi connectivity index (χ1) is 7.77. The van der Waals surface area contributed by atoms with Crippen molar-refractivity contribution in [3.05, 3.63) is 12.2 Å². The fourth-order valence-corrected chi connectivity index (χ4v) is 1.84. The molecular weight excluding hydrogens is 204 g/mol. The summed E-state index contributed by atoms with van der Waals surface area (Å²) in [5.74, 6) is 1.46. The lowest BCUT2D eigenvalue weighted by Gasteiger charge is -2.27. The van der Waals surface area contributed by atoms with E-state index in [1.807, 2.05) is 7.05 Å². The number of piperidine rings is 1. The summed E-state index contributed by atoms with van der Waals surface area (Å²) in [5, 5.41) is 3.99. The van der Waals surface area contributed by atoms with E-state index in [1.54, 1.807) is 4.68 Å². The number of aromatic nitrogens is 3. The van der Waals surface area contributed by atoms with Crippen molar-refractivity contribution in [1.29, 1.82) is 0 Å². The summed E-state index contributed by atoms with van der Waals surface area (Å²) in [5.41, 5.74) is 5.93. The largest absolute Gasteiger partial charge is 0.370 e. The van der Waals surface area contributed by atoms with Crippen LogP contribution in [0.2, 0.25) is 0 Å². The van der Waals surface area contributed by atoms with E-state index in [9.17, 15) is 0 Å². The highest BCUT2D eigenvalue weighted by atomic mass is 15.3. The van der Waals surface area contributed by atoms with Crippen molar-refractivity contribution in [2.45, 2.75) is 25.8 Å². The van der Waals surface area contributed by atoms with Crippen molar-refractivity contribution >= 4 is 5.96 Å². The molecular formula is C10H18N6. The number of hydrogen-bond acceptors (Lipinski definition) is 3. The fraction of sp³-hybridized carbons (Fsp3) is 0.700. The van der Waals surface area contributed by atoms with Gasteiger partial charge in [-0.3, -0.25) is 4.68 Å². The number of nitrogens with two attached hydrogens (primary N) is 1. The molecule has 0 spiro atoms. The minimum absolute atomic E-state index is 0.499. The van der Waals surface area contributed by atoms with Crippen LogP contribution in [0.1, 0.15) is 25.1 Å². The Morgan fingerprint density at radius 2 is 2.19 bits per heavy atom. The van der Waals surface area contributed by atoms with Gasteiger partial charge in [-0.25, -0.2) is 9.98 Å². The van der Waals surface area contributed by atoms with Gasteiger partial charge in [0.2, 0.25) is 0 Å². The third-order valence-electron chi connectivity index (χ3n) is 2.87. The fourth-order valence-electron chi connectivity index (χ4n) is 1.84. The Kier molecular flexibility index (Phi) is 3.38. The summed E-state index contributed by atoms with van der Waals surface area (Å²) >= 11 is 0. The molecule has 88 valence electrons. The highest BCUT2D eigenvalue weighted by Crippen LogP contribution is 2.08. The lowest BCUT2D eigenvalue weighted by atomic mass is 10.1. The molecule has 0 amide bonds. The highest BCUT2D eigenvalue weighted by molar-refractivity contribution is 5.78. The predicted molar refractivity (Wildman–Crippen MR) is 61.8 cm³/mol. The van der Waals surface area contributed by atoms with Gasteiger partial charge in [-0.05, 0) is 19.3 Å². The summed E-state index contributed by atoms with van der Waals surface area (Å²) in [6.45, 7) is 2.54. The van der Waals surface area contributed by atoms with Gasteiger partial charge in [-0.2, -0.15) is 5.10 Å². The van der Waals surface area contributed by atoms with Crippen LogP contribution < -0.4 is 5.73 Å². The smallest absolute Gasteiger partial charge is 0.191 e. The van der Waals surface area contributed by atoms with Crippen LogP contribution >= 0.6 is 0 Å². The Hall–Kier alpha value is -1.59. The molecule has 1 aromatic rings. The second-order valence-corrected chi connectivity index (χ2v) is 4.02. The van der Waals surface area contributed by atoms with Crippen molar-refractivity contribution in [3.8, 4) is 0 Å². The Balaban J connectivity index is 1.93. The molecule has 1 aromatic heterocycles. The molecule has 16 heavy (non-hydrogen) atoms. The Morgan fingerprint density at radius 3 is 2.81 bits per heavy atom.